The summed E-state index contributed by atoms with van der Waals surface area (Å²) in [4.78, 5) is 25.5. The van der Waals surface area contributed by atoms with E-state index in [-0.39, 0.29) is 24.6 Å². The smallest absolute Gasteiger partial charge is 0.266 e. The predicted molar refractivity (Wildman–Crippen MR) is 186 cm³/mol. The molecule has 0 fully saturated rings. The molecule has 13 heteroatoms. The van der Waals surface area contributed by atoms with Crippen LogP contribution in [0.3, 0.4) is 0 Å². The summed E-state index contributed by atoms with van der Waals surface area (Å²) in [7, 11) is 0. The number of ether oxygens (including phenoxy) is 2. The molecule has 0 saturated heterocycles. The standard InChI is InChI=1S/C36H37N9O4/c37-44-41-31-16-6-4-14-28(31)25-36(35(47)43-39-22-9-8-13-26-11-2-1-3-12-26)33(30-15-5-7-17-32(30)42-45-38)49-34(40-36)27-18-20-29(21-19-27)48-24-10-23-46/h1-7,11-12,14-21,33,39,46H,8-10,13,22-25H2,(H,43,47)/t33-,36-/m0/s1. The number of hydrogen-bond donors (Lipinski definition) is 3. The van der Waals surface area contributed by atoms with Crippen LogP contribution in [-0.4, -0.2) is 42.2 Å². The zero-order chi connectivity index (χ0) is 34.3. The SMILES string of the molecule is [N-]=[N+]=Nc1ccccc1C[C@]1(C(=O)NNCCCCc2ccccc2)N=C(c2ccc(OCCCO)cc2)O[C@H]1c1ccccc1N=[N+]=[N-]. The molecule has 250 valence electrons. The highest BCUT2D eigenvalue weighted by atomic mass is 16.5. The van der Waals surface area contributed by atoms with Crippen molar-refractivity contribution in [1.29, 1.82) is 0 Å². The second-order valence-corrected chi connectivity index (χ2v) is 11.4. The molecule has 13 nitrogen and oxygen atoms in total. The average molecular weight is 660 g/mol. The topological polar surface area (TPSA) is 190 Å². The molecule has 49 heavy (non-hydrogen) atoms. The number of unbranched alkanes of at least 4 members (excludes halogenated alkanes) is 1. The minimum Gasteiger partial charge on any atom is -0.494 e. The summed E-state index contributed by atoms with van der Waals surface area (Å²) < 4.78 is 12.3. The van der Waals surface area contributed by atoms with Gasteiger partial charge in [0.1, 0.15) is 5.75 Å². The Balaban J connectivity index is 1.50. The molecule has 0 saturated carbocycles. The maximum Gasteiger partial charge on any atom is 0.266 e. The molecule has 2 atom stereocenters. The molecule has 4 aromatic rings. The highest BCUT2D eigenvalue weighted by Gasteiger charge is 2.54. The summed E-state index contributed by atoms with van der Waals surface area (Å²) in [6.07, 6.45) is 2.10. The number of carbonyl (C=O) groups excluding carboxylic acids is 1. The number of aliphatic imine (C=N–C) groups is 1. The van der Waals surface area contributed by atoms with E-state index in [1.54, 1.807) is 72.8 Å². The molecule has 0 radical (unpaired) electrons. The van der Waals surface area contributed by atoms with Crippen molar-refractivity contribution >= 4 is 23.2 Å². The lowest BCUT2D eigenvalue weighted by Gasteiger charge is -2.31. The van der Waals surface area contributed by atoms with Gasteiger partial charge in [-0.2, -0.15) is 0 Å². The number of hydrogen-bond acceptors (Lipinski definition) is 8. The van der Waals surface area contributed by atoms with Gasteiger partial charge in [-0.3, -0.25) is 10.2 Å². The van der Waals surface area contributed by atoms with Crippen LogP contribution in [-0.2, 0) is 22.4 Å². The zero-order valence-electron chi connectivity index (χ0n) is 26.9. The summed E-state index contributed by atoms with van der Waals surface area (Å²) in [5.41, 5.74) is 26.5. The number of carbonyl (C=O) groups is 1. The number of benzene rings is 4. The molecule has 1 heterocycles. The van der Waals surface area contributed by atoms with E-state index in [0.717, 1.165) is 19.3 Å². The number of amides is 1. The summed E-state index contributed by atoms with van der Waals surface area (Å²) in [6.45, 7) is 0.898. The molecule has 1 amide bonds. The lowest BCUT2D eigenvalue weighted by Crippen LogP contribution is -2.54. The van der Waals surface area contributed by atoms with E-state index in [2.05, 4.69) is 43.0 Å². The molecule has 0 aliphatic carbocycles. The molecule has 0 unspecified atom stereocenters. The number of azide groups is 2. The molecular weight excluding hydrogens is 622 g/mol. The fraction of sp³-hybridized carbons (Fsp3) is 0.278. The van der Waals surface area contributed by atoms with E-state index in [1.165, 1.54) is 5.56 Å². The predicted octanol–water partition coefficient (Wildman–Crippen LogP) is 7.47. The van der Waals surface area contributed by atoms with Crippen molar-refractivity contribution < 1.29 is 19.4 Å². The second-order valence-electron chi connectivity index (χ2n) is 11.4. The Morgan fingerprint density at radius 2 is 1.57 bits per heavy atom. The first-order valence-electron chi connectivity index (χ1n) is 16.0. The highest BCUT2D eigenvalue weighted by Crippen LogP contribution is 2.46. The third-order valence-electron chi connectivity index (χ3n) is 8.07. The van der Waals surface area contributed by atoms with Crippen LogP contribution in [0.5, 0.6) is 5.75 Å². The molecule has 0 bridgehead atoms. The quantitative estimate of drug-likeness (QED) is 0.0348. The van der Waals surface area contributed by atoms with Gasteiger partial charge < -0.3 is 14.6 Å². The lowest BCUT2D eigenvalue weighted by atomic mass is 9.81. The van der Waals surface area contributed by atoms with Crippen LogP contribution in [0, 0.1) is 0 Å². The number of rotatable bonds is 17. The highest BCUT2D eigenvalue weighted by molar-refractivity contribution is 6.01. The Hall–Kier alpha value is -5.84. The number of aryl methyl sites for hydroxylation is 1. The minimum absolute atomic E-state index is 0.00909. The van der Waals surface area contributed by atoms with Gasteiger partial charge in [-0.25, -0.2) is 10.4 Å². The summed E-state index contributed by atoms with van der Waals surface area (Å²) in [5.74, 6) is 0.317. The van der Waals surface area contributed by atoms with Crippen LogP contribution in [0.2, 0.25) is 0 Å². The molecule has 1 aliphatic rings. The molecular formula is C36H37N9O4. The number of nitrogens with zero attached hydrogens (tertiary/aromatic N) is 7. The van der Waals surface area contributed by atoms with E-state index in [1.807, 2.05) is 18.2 Å². The maximum absolute atomic E-state index is 14.5. The van der Waals surface area contributed by atoms with Crippen molar-refractivity contribution in [1.82, 2.24) is 10.9 Å². The Kier molecular flexibility index (Phi) is 12.2. The summed E-state index contributed by atoms with van der Waals surface area (Å²) >= 11 is 0. The normalized spacial score (nSPS) is 16.4. The van der Waals surface area contributed by atoms with Crippen LogP contribution in [0.15, 0.2) is 118 Å². The third kappa shape index (κ3) is 8.75. The van der Waals surface area contributed by atoms with Gasteiger partial charge >= 0.3 is 0 Å². The van der Waals surface area contributed by atoms with E-state index in [0.29, 0.717) is 47.7 Å². The van der Waals surface area contributed by atoms with Gasteiger partial charge in [0.05, 0.1) is 6.61 Å². The van der Waals surface area contributed by atoms with E-state index < -0.39 is 17.6 Å². The second kappa shape index (κ2) is 17.4. The Morgan fingerprint density at radius 1 is 0.878 bits per heavy atom. The van der Waals surface area contributed by atoms with Crippen molar-refractivity contribution in [2.75, 3.05) is 19.8 Å². The van der Waals surface area contributed by atoms with E-state index in [4.69, 9.17) is 19.6 Å². The molecule has 5 rings (SSSR count). The van der Waals surface area contributed by atoms with Gasteiger partial charge in [-0.15, -0.1) is 0 Å². The van der Waals surface area contributed by atoms with Gasteiger partial charge in [0, 0.05) is 58.3 Å². The largest absolute Gasteiger partial charge is 0.494 e. The monoisotopic (exact) mass is 659 g/mol. The minimum atomic E-state index is -1.63. The lowest BCUT2D eigenvalue weighted by molar-refractivity contribution is -0.130. The molecule has 0 spiro atoms. The van der Waals surface area contributed by atoms with Crippen LogP contribution >= 0.6 is 0 Å². The van der Waals surface area contributed by atoms with Crippen LogP contribution < -0.4 is 15.6 Å². The van der Waals surface area contributed by atoms with Gasteiger partial charge in [-0.05, 0) is 65.7 Å². The van der Waals surface area contributed by atoms with E-state index >= 15 is 0 Å². The fourth-order valence-corrected chi connectivity index (χ4v) is 5.64. The first-order chi connectivity index (χ1) is 24.1. The van der Waals surface area contributed by atoms with Gasteiger partial charge in [0.25, 0.3) is 5.91 Å². The van der Waals surface area contributed by atoms with Crippen molar-refractivity contribution in [2.24, 2.45) is 15.2 Å². The zero-order valence-corrected chi connectivity index (χ0v) is 26.9. The number of hydrazine groups is 1. The summed E-state index contributed by atoms with van der Waals surface area (Å²) in [5, 5.41) is 16.9. The molecule has 3 N–H and O–H groups in total. The van der Waals surface area contributed by atoms with Gasteiger partial charge in [0.2, 0.25) is 5.90 Å². The van der Waals surface area contributed by atoms with Crippen molar-refractivity contribution in [3.63, 3.8) is 0 Å². The molecule has 1 aliphatic heterocycles. The maximum atomic E-state index is 14.5. The fourth-order valence-electron chi connectivity index (χ4n) is 5.64. The summed E-state index contributed by atoms with van der Waals surface area (Å²) in [6, 6.07) is 31.2. The first kappa shape index (κ1) is 34.5. The number of aliphatic hydroxyl groups is 1. The first-order valence-corrected chi connectivity index (χ1v) is 16.0. The average Bonchev–Trinajstić information content (AvgIpc) is 3.52. The van der Waals surface area contributed by atoms with Crippen molar-refractivity contribution in [3.05, 3.63) is 146 Å². The van der Waals surface area contributed by atoms with E-state index in [9.17, 15) is 15.9 Å². The molecule has 4 aromatic carbocycles. The van der Waals surface area contributed by atoms with Crippen LogP contribution in [0.4, 0.5) is 11.4 Å². The van der Waals surface area contributed by atoms with Gasteiger partial charge in [-0.1, -0.05) is 89.1 Å². The Labute approximate surface area is 283 Å². The Morgan fingerprint density at radius 3 is 2.33 bits per heavy atom. The third-order valence-corrected chi connectivity index (χ3v) is 8.07. The van der Waals surface area contributed by atoms with Crippen molar-refractivity contribution in [3.8, 4) is 5.75 Å². The van der Waals surface area contributed by atoms with Gasteiger partial charge in [0.15, 0.2) is 11.6 Å². The number of aliphatic hydroxyl groups excluding tert-OH is 1. The van der Waals surface area contributed by atoms with Crippen LogP contribution in [0.25, 0.3) is 20.9 Å². The molecule has 0 aromatic heterocycles. The van der Waals surface area contributed by atoms with Crippen molar-refractivity contribution in [2.45, 2.75) is 43.7 Å². The number of nitrogens with one attached hydrogen (secondary N) is 2. The van der Waals surface area contributed by atoms with Crippen LogP contribution in [0.1, 0.15) is 47.6 Å². The Bertz CT molecular complexity index is 1840.